The van der Waals surface area contributed by atoms with Crippen LogP contribution in [-0.4, -0.2) is 14.7 Å². The molecule has 0 aliphatic heterocycles. The van der Waals surface area contributed by atoms with Gasteiger partial charge in [0.25, 0.3) is 0 Å². The molecule has 4 heteroatoms. The third-order valence-corrected chi connectivity index (χ3v) is 3.85. The molecule has 3 aromatic rings. The van der Waals surface area contributed by atoms with Gasteiger partial charge in [0.1, 0.15) is 0 Å². The molecular formula is C16H14N2OS. The topological polar surface area (TPSA) is 38.0 Å². The average Bonchev–Trinajstić information content (AvgIpc) is 2.92. The summed E-state index contributed by atoms with van der Waals surface area (Å²) in [6, 6.07) is 20.1. The molecule has 0 saturated heterocycles. The molecule has 1 heterocycles. The second-order valence-electron chi connectivity index (χ2n) is 4.29. The van der Waals surface area contributed by atoms with E-state index in [-0.39, 0.29) is 6.61 Å². The van der Waals surface area contributed by atoms with Crippen LogP contribution in [0, 0.1) is 0 Å². The van der Waals surface area contributed by atoms with Crippen LogP contribution in [0.15, 0.2) is 76.9 Å². The van der Waals surface area contributed by atoms with Gasteiger partial charge in [0, 0.05) is 16.8 Å². The first-order valence-electron chi connectivity index (χ1n) is 6.34. The lowest BCUT2D eigenvalue weighted by molar-refractivity contribution is 0.277. The summed E-state index contributed by atoms with van der Waals surface area (Å²) >= 11 is 1.59. The predicted octanol–water partition coefficient (Wildman–Crippen LogP) is 3.52. The van der Waals surface area contributed by atoms with Gasteiger partial charge in [-0.05, 0) is 24.3 Å². The standard InChI is InChI=1S/C16H14N2OS/c19-12-13-11-18(14-7-3-1-4-8-14)16(17-13)20-15-9-5-2-6-10-15/h1-11,19H,12H2. The van der Waals surface area contributed by atoms with Crippen LogP contribution in [0.1, 0.15) is 5.69 Å². The molecule has 1 N–H and O–H groups in total. The molecule has 20 heavy (non-hydrogen) atoms. The number of hydrogen-bond donors (Lipinski definition) is 1. The molecule has 0 aliphatic carbocycles. The minimum Gasteiger partial charge on any atom is -0.390 e. The van der Waals surface area contributed by atoms with E-state index < -0.39 is 0 Å². The van der Waals surface area contributed by atoms with E-state index in [2.05, 4.69) is 4.98 Å². The Bertz CT molecular complexity index is 680. The van der Waals surface area contributed by atoms with Crippen molar-refractivity contribution in [1.82, 2.24) is 9.55 Å². The minimum absolute atomic E-state index is 0.0534. The molecule has 0 spiro atoms. The summed E-state index contributed by atoms with van der Waals surface area (Å²) in [5, 5.41) is 10.2. The maximum atomic E-state index is 9.30. The van der Waals surface area contributed by atoms with E-state index in [1.165, 1.54) is 0 Å². The van der Waals surface area contributed by atoms with Gasteiger partial charge in [-0.25, -0.2) is 4.98 Å². The fraction of sp³-hybridized carbons (Fsp3) is 0.0625. The van der Waals surface area contributed by atoms with Crippen LogP contribution in [0.3, 0.4) is 0 Å². The SMILES string of the molecule is OCc1cn(-c2ccccc2)c(Sc2ccccc2)n1. The zero-order valence-electron chi connectivity index (χ0n) is 10.8. The molecule has 0 fully saturated rings. The van der Waals surface area contributed by atoms with Crippen molar-refractivity contribution in [3.63, 3.8) is 0 Å². The fourth-order valence-corrected chi connectivity index (χ4v) is 2.85. The van der Waals surface area contributed by atoms with Gasteiger partial charge in [0.05, 0.1) is 12.3 Å². The van der Waals surface area contributed by atoms with Gasteiger partial charge in [0.15, 0.2) is 5.16 Å². The lowest BCUT2D eigenvalue weighted by Gasteiger charge is -2.06. The molecule has 3 rings (SSSR count). The summed E-state index contributed by atoms with van der Waals surface area (Å²) in [5.74, 6) is 0. The molecule has 0 bridgehead atoms. The highest BCUT2D eigenvalue weighted by Crippen LogP contribution is 2.28. The van der Waals surface area contributed by atoms with Crippen LogP contribution in [0.2, 0.25) is 0 Å². The highest BCUT2D eigenvalue weighted by molar-refractivity contribution is 7.99. The van der Waals surface area contributed by atoms with Crippen LogP contribution in [0.25, 0.3) is 5.69 Å². The average molecular weight is 282 g/mol. The van der Waals surface area contributed by atoms with E-state index in [4.69, 9.17) is 0 Å². The lowest BCUT2D eigenvalue weighted by Crippen LogP contribution is -1.93. The second kappa shape index (κ2) is 5.94. The van der Waals surface area contributed by atoms with E-state index >= 15 is 0 Å². The zero-order valence-corrected chi connectivity index (χ0v) is 11.6. The normalized spacial score (nSPS) is 10.7. The van der Waals surface area contributed by atoms with Gasteiger partial charge in [-0.15, -0.1) is 0 Å². The van der Waals surface area contributed by atoms with Crippen LogP contribution < -0.4 is 0 Å². The van der Waals surface area contributed by atoms with Crippen LogP contribution in [0.4, 0.5) is 0 Å². The number of benzene rings is 2. The Hall–Kier alpha value is -2.04. The number of aliphatic hydroxyl groups excluding tert-OH is 1. The molecule has 0 amide bonds. The smallest absolute Gasteiger partial charge is 0.177 e. The van der Waals surface area contributed by atoms with Crippen molar-refractivity contribution in [3.8, 4) is 5.69 Å². The van der Waals surface area contributed by atoms with Gasteiger partial charge in [-0.3, -0.25) is 4.57 Å². The maximum absolute atomic E-state index is 9.30. The molecule has 0 saturated carbocycles. The number of para-hydroxylation sites is 1. The summed E-state index contributed by atoms with van der Waals surface area (Å²) in [5.41, 5.74) is 1.71. The van der Waals surface area contributed by atoms with Crippen molar-refractivity contribution in [3.05, 3.63) is 72.6 Å². The summed E-state index contributed by atoms with van der Waals surface area (Å²) in [7, 11) is 0. The monoisotopic (exact) mass is 282 g/mol. The van der Waals surface area contributed by atoms with E-state index in [0.29, 0.717) is 5.69 Å². The largest absolute Gasteiger partial charge is 0.390 e. The lowest BCUT2D eigenvalue weighted by atomic mass is 10.3. The minimum atomic E-state index is -0.0534. The summed E-state index contributed by atoms with van der Waals surface area (Å²) in [6.45, 7) is -0.0534. The van der Waals surface area contributed by atoms with E-state index in [1.807, 2.05) is 71.4 Å². The van der Waals surface area contributed by atoms with Gasteiger partial charge < -0.3 is 5.11 Å². The molecule has 1 aromatic heterocycles. The first-order chi connectivity index (χ1) is 9.86. The predicted molar refractivity (Wildman–Crippen MR) is 80.1 cm³/mol. The molecule has 2 aromatic carbocycles. The van der Waals surface area contributed by atoms with Crippen LogP contribution in [-0.2, 0) is 6.61 Å². The van der Waals surface area contributed by atoms with Crippen molar-refractivity contribution < 1.29 is 5.11 Å². The second-order valence-corrected chi connectivity index (χ2v) is 5.33. The van der Waals surface area contributed by atoms with Crippen LogP contribution in [0.5, 0.6) is 0 Å². The first kappa shape index (κ1) is 13.0. The van der Waals surface area contributed by atoms with Crippen molar-refractivity contribution in [2.24, 2.45) is 0 Å². The van der Waals surface area contributed by atoms with E-state index in [1.54, 1.807) is 11.8 Å². The first-order valence-corrected chi connectivity index (χ1v) is 7.16. The number of nitrogens with zero attached hydrogens (tertiary/aromatic N) is 2. The number of rotatable bonds is 4. The number of hydrogen-bond acceptors (Lipinski definition) is 3. The Morgan fingerprint density at radius 1 is 0.950 bits per heavy atom. The highest BCUT2D eigenvalue weighted by Gasteiger charge is 2.10. The highest BCUT2D eigenvalue weighted by atomic mass is 32.2. The Morgan fingerprint density at radius 2 is 1.60 bits per heavy atom. The van der Waals surface area contributed by atoms with Gasteiger partial charge in [0.2, 0.25) is 0 Å². The molecule has 0 unspecified atom stereocenters. The fourth-order valence-electron chi connectivity index (χ4n) is 1.93. The van der Waals surface area contributed by atoms with Gasteiger partial charge >= 0.3 is 0 Å². The van der Waals surface area contributed by atoms with Crippen molar-refractivity contribution >= 4 is 11.8 Å². The quantitative estimate of drug-likeness (QED) is 0.795. The van der Waals surface area contributed by atoms with E-state index in [9.17, 15) is 5.11 Å². The third-order valence-electron chi connectivity index (χ3n) is 2.87. The van der Waals surface area contributed by atoms with Gasteiger partial charge in [-0.2, -0.15) is 0 Å². The molecule has 100 valence electrons. The van der Waals surface area contributed by atoms with Crippen molar-refractivity contribution in [2.75, 3.05) is 0 Å². The van der Waals surface area contributed by atoms with E-state index in [0.717, 1.165) is 15.7 Å². The number of aliphatic hydroxyl groups is 1. The molecular weight excluding hydrogens is 268 g/mol. The molecule has 0 atom stereocenters. The Kier molecular flexibility index (Phi) is 3.85. The summed E-state index contributed by atoms with van der Waals surface area (Å²) in [4.78, 5) is 5.60. The Labute approximate surface area is 121 Å². The number of aromatic nitrogens is 2. The molecule has 0 radical (unpaired) electrons. The Balaban J connectivity index is 2.00. The third kappa shape index (κ3) is 2.76. The summed E-state index contributed by atoms with van der Waals surface area (Å²) < 4.78 is 2.00. The summed E-state index contributed by atoms with van der Waals surface area (Å²) in [6.07, 6.45) is 1.88. The zero-order chi connectivity index (χ0) is 13.8. The molecule has 0 aliphatic rings. The Morgan fingerprint density at radius 3 is 2.25 bits per heavy atom. The van der Waals surface area contributed by atoms with Crippen LogP contribution >= 0.6 is 11.8 Å². The van der Waals surface area contributed by atoms with Gasteiger partial charge in [-0.1, -0.05) is 48.2 Å². The molecule has 3 nitrogen and oxygen atoms in total. The van der Waals surface area contributed by atoms with Crippen molar-refractivity contribution in [1.29, 1.82) is 0 Å². The maximum Gasteiger partial charge on any atom is 0.177 e. The number of imidazole rings is 1. The van der Waals surface area contributed by atoms with Crippen molar-refractivity contribution in [2.45, 2.75) is 16.7 Å².